The first-order valence-corrected chi connectivity index (χ1v) is 5.70. The Morgan fingerprint density at radius 3 is 3.33 bits per heavy atom. The first-order chi connectivity index (χ1) is 7.20. The molecule has 0 amide bonds. The minimum Gasteiger partial charge on any atom is -0.461 e. The number of ether oxygens (including phenoxy) is 1. The van der Waals surface area contributed by atoms with Crippen LogP contribution >= 0.6 is 11.6 Å². The van der Waals surface area contributed by atoms with Gasteiger partial charge in [0.05, 0.1) is 17.5 Å². The number of rotatable bonds is 3. The van der Waals surface area contributed by atoms with Crippen molar-refractivity contribution in [3.63, 3.8) is 0 Å². The zero-order valence-corrected chi connectivity index (χ0v) is 9.42. The molecule has 0 saturated heterocycles. The van der Waals surface area contributed by atoms with Crippen molar-refractivity contribution >= 4 is 23.3 Å². The highest BCUT2D eigenvalue weighted by Gasteiger charge is 2.57. The van der Waals surface area contributed by atoms with Crippen LogP contribution < -0.4 is 0 Å². The number of nitrogens with zero attached hydrogens (tertiary/aromatic N) is 1. The summed E-state index contributed by atoms with van der Waals surface area (Å²) in [4.78, 5) is 17.2. The lowest BCUT2D eigenvalue weighted by molar-refractivity contribution is -0.171. The molecule has 0 radical (unpaired) electrons. The lowest BCUT2D eigenvalue weighted by Gasteiger charge is -2.24. The van der Waals surface area contributed by atoms with E-state index in [0.29, 0.717) is 12.3 Å². The number of hydrogen-bond acceptors (Lipinski definition) is 4. The van der Waals surface area contributed by atoms with Crippen molar-refractivity contribution < 1.29 is 14.4 Å². The molecular weight excluding hydrogens is 218 g/mol. The molecule has 15 heavy (non-hydrogen) atoms. The largest absolute Gasteiger partial charge is 0.461 e. The Bertz CT molecular complexity index is 305. The Balaban J connectivity index is 2.10. The summed E-state index contributed by atoms with van der Waals surface area (Å²) in [5.74, 6) is 0.0957. The number of oxime groups is 1. The summed E-state index contributed by atoms with van der Waals surface area (Å²) in [6, 6.07) is 0. The SMILES string of the molecule is CC1=NOC2(C(=O)OCCCl)CCCC12. The number of carbonyl (C=O) groups is 1. The van der Waals surface area contributed by atoms with E-state index in [-0.39, 0.29) is 18.5 Å². The molecule has 0 spiro atoms. The van der Waals surface area contributed by atoms with Crippen LogP contribution in [0.5, 0.6) is 0 Å². The Morgan fingerprint density at radius 2 is 2.60 bits per heavy atom. The molecule has 2 aliphatic rings. The molecule has 2 rings (SSSR count). The molecule has 0 aromatic carbocycles. The molecule has 5 heteroatoms. The van der Waals surface area contributed by atoms with Gasteiger partial charge in [-0.2, -0.15) is 0 Å². The average Bonchev–Trinajstić information content (AvgIpc) is 2.77. The second-order valence-corrected chi connectivity index (χ2v) is 4.36. The topological polar surface area (TPSA) is 47.9 Å². The number of esters is 1. The molecule has 2 atom stereocenters. The van der Waals surface area contributed by atoms with Gasteiger partial charge < -0.3 is 9.57 Å². The summed E-state index contributed by atoms with van der Waals surface area (Å²) in [7, 11) is 0. The predicted molar refractivity (Wildman–Crippen MR) is 55.9 cm³/mol. The van der Waals surface area contributed by atoms with Gasteiger partial charge >= 0.3 is 5.97 Å². The van der Waals surface area contributed by atoms with E-state index in [1.807, 2.05) is 6.92 Å². The van der Waals surface area contributed by atoms with Crippen LogP contribution in [0.25, 0.3) is 0 Å². The normalized spacial score (nSPS) is 33.2. The van der Waals surface area contributed by atoms with E-state index in [1.54, 1.807) is 0 Å². The zero-order valence-electron chi connectivity index (χ0n) is 8.66. The summed E-state index contributed by atoms with van der Waals surface area (Å²) in [6.45, 7) is 2.13. The van der Waals surface area contributed by atoms with E-state index < -0.39 is 5.60 Å². The van der Waals surface area contributed by atoms with Crippen molar-refractivity contribution in [2.45, 2.75) is 31.8 Å². The minimum atomic E-state index is -0.837. The van der Waals surface area contributed by atoms with Crippen molar-refractivity contribution in [1.82, 2.24) is 0 Å². The monoisotopic (exact) mass is 231 g/mol. The van der Waals surface area contributed by atoms with Gasteiger partial charge in [-0.25, -0.2) is 4.79 Å². The van der Waals surface area contributed by atoms with Crippen molar-refractivity contribution in [1.29, 1.82) is 0 Å². The van der Waals surface area contributed by atoms with Crippen LogP contribution in [0, 0.1) is 5.92 Å². The first-order valence-electron chi connectivity index (χ1n) is 5.16. The van der Waals surface area contributed by atoms with Crippen LogP contribution in [0.15, 0.2) is 5.16 Å². The minimum absolute atomic E-state index is 0.0975. The standard InChI is InChI=1S/C10H14ClNO3/c1-7-8-3-2-4-10(8,15-12-7)9(13)14-6-5-11/h8H,2-6H2,1H3. The first kappa shape index (κ1) is 10.7. The maximum absolute atomic E-state index is 11.9. The van der Waals surface area contributed by atoms with Crippen molar-refractivity contribution in [3.05, 3.63) is 0 Å². The Labute approximate surface area is 93.6 Å². The summed E-state index contributed by atoms with van der Waals surface area (Å²) in [5, 5.41) is 3.90. The molecule has 1 fully saturated rings. The molecule has 1 saturated carbocycles. The van der Waals surface area contributed by atoms with Crippen LogP contribution in [0.4, 0.5) is 0 Å². The maximum Gasteiger partial charge on any atom is 0.354 e. The van der Waals surface area contributed by atoms with E-state index in [1.165, 1.54) is 0 Å². The summed E-state index contributed by atoms with van der Waals surface area (Å²) in [5.41, 5.74) is 0.0613. The molecular formula is C10H14ClNO3. The highest BCUT2D eigenvalue weighted by molar-refractivity contribution is 6.18. The van der Waals surface area contributed by atoms with E-state index in [2.05, 4.69) is 5.16 Å². The molecule has 4 nitrogen and oxygen atoms in total. The molecule has 0 aromatic rings. The fourth-order valence-electron chi connectivity index (χ4n) is 2.38. The van der Waals surface area contributed by atoms with Gasteiger partial charge in [-0.15, -0.1) is 11.6 Å². The number of halogens is 1. The molecule has 2 unspecified atom stereocenters. The summed E-state index contributed by atoms with van der Waals surface area (Å²) >= 11 is 5.47. The molecule has 1 heterocycles. The number of carbonyl (C=O) groups excluding carboxylic acids is 1. The third-order valence-electron chi connectivity index (χ3n) is 3.12. The summed E-state index contributed by atoms with van der Waals surface area (Å²) < 4.78 is 5.06. The second kappa shape index (κ2) is 4.00. The van der Waals surface area contributed by atoms with Gasteiger partial charge in [0, 0.05) is 6.42 Å². The Hall–Kier alpha value is -0.770. The number of fused-ring (bicyclic) bond motifs is 1. The van der Waals surface area contributed by atoms with Gasteiger partial charge in [-0.1, -0.05) is 5.16 Å². The van der Waals surface area contributed by atoms with E-state index >= 15 is 0 Å². The van der Waals surface area contributed by atoms with E-state index in [9.17, 15) is 4.79 Å². The van der Waals surface area contributed by atoms with Gasteiger partial charge in [0.25, 0.3) is 0 Å². The fraction of sp³-hybridized carbons (Fsp3) is 0.800. The molecule has 1 aliphatic carbocycles. The average molecular weight is 232 g/mol. The van der Waals surface area contributed by atoms with Crippen LogP contribution in [0.1, 0.15) is 26.2 Å². The fourth-order valence-corrected chi connectivity index (χ4v) is 2.46. The second-order valence-electron chi connectivity index (χ2n) is 3.98. The van der Waals surface area contributed by atoms with E-state index in [4.69, 9.17) is 21.2 Å². The van der Waals surface area contributed by atoms with Crippen molar-refractivity contribution in [3.8, 4) is 0 Å². The molecule has 84 valence electrons. The Morgan fingerprint density at radius 1 is 1.80 bits per heavy atom. The molecule has 0 bridgehead atoms. The van der Waals surface area contributed by atoms with Crippen molar-refractivity contribution in [2.75, 3.05) is 12.5 Å². The van der Waals surface area contributed by atoms with Gasteiger partial charge in [-0.05, 0) is 19.8 Å². The third-order valence-corrected chi connectivity index (χ3v) is 3.27. The predicted octanol–water partition coefficient (Wildman–Crippen LogP) is 1.71. The maximum atomic E-state index is 11.9. The smallest absolute Gasteiger partial charge is 0.354 e. The highest BCUT2D eigenvalue weighted by atomic mass is 35.5. The highest BCUT2D eigenvalue weighted by Crippen LogP contribution is 2.44. The zero-order chi connectivity index (χ0) is 10.9. The van der Waals surface area contributed by atoms with Crippen LogP contribution in [-0.4, -0.2) is 29.8 Å². The summed E-state index contributed by atoms with van der Waals surface area (Å²) in [6.07, 6.45) is 2.62. The van der Waals surface area contributed by atoms with Gasteiger partial charge in [0.2, 0.25) is 5.60 Å². The molecule has 0 N–H and O–H groups in total. The van der Waals surface area contributed by atoms with Crippen LogP contribution in [0.3, 0.4) is 0 Å². The number of hydrogen-bond donors (Lipinski definition) is 0. The number of alkyl halides is 1. The van der Waals surface area contributed by atoms with Crippen LogP contribution in [0.2, 0.25) is 0 Å². The van der Waals surface area contributed by atoms with E-state index in [0.717, 1.165) is 18.6 Å². The molecule has 1 aliphatic heterocycles. The van der Waals surface area contributed by atoms with Crippen molar-refractivity contribution in [2.24, 2.45) is 11.1 Å². The quantitative estimate of drug-likeness (QED) is 0.549. The van der Waals surface area contributed by atoms with Gasteiger partial charge in [-0.3, -0.25) is 0 Å². The lowest BCUT2D eigenvalue weighted by atomic mass is 9.88. The third kappa shape index (κ3) is 1.61. The van der Waals surface area contributed by atoms with Crippen LogP contribution in [-0.2, 0) is 14.4 Å². The van der Waals surface area contributed by atoms with Gasteiger partial charge in [0.1, 0.15) is 6.61 Å². The molecule has 0 aromatic heterocycles. The van der Waals surface area contributed by atoms with Gasteiger partial charge in [0.15, 0.2) is 0 Å². The Kier molecular flexibility index (Phi) is 2.87. The lowest BCUT2D eigenvalue weighted by Crippen LogP contribution is -2.44.